The second kappa shape index (κ2) is 10.4. The minimum atomic E-state index is -4.55. The number of carbonyl (C=O) groups excluding carboxylic acids is 2. The third-order valence-electron chi connectivity index (χ3n) is 4.84. The van der Waals surface area contributed by atoms with Crippen LogP contribution in [0, 0.1) is 0 Å². The molecule has 0 aliphatic carbocycles. The smallest absolute Gasteiger partial charge is 0.416 e. The normalized spacial score (nSPS) is 16.4. The molecule has 1 atom stereocenters. The first-order valence-corrected chi connectivity index (χ1v) is 9.88. The van der Waals surface area contributed by atoms with Crippen molar-refractivity contribution >= 4 is 11.8 Å². The van der Waals surface area contributed by atoms with Gasteiger partial charge in [0.25, 0.3) is 5.91 Å². The number of benzene rings is 2. The lowest BCUT2D eigenvalue weighted by Crippen LogP contribution is -2.50. The Hall–Kier alpha value is -3.27. The first kappa shape index (κ1) is 23.4. The van der Waals surface area contributed by atoms with Gasteiger partial charge < -0.3 is 24.4 Å². The molecule has 2 aromatic carbocycles. The van der Waals surface area contributed by atoms with Gasteiger partial charge in [0.1, 0.15) is 24.2 Å². The molecule has 0 aromatic heterocycles. The number of nitrogens with zero attached hydrogens (tertiary/aromatic N) is 1. The van der Waals surface area contributed by atoms with E-state index in [4.69, 9.17) is 14.2 Å². The maximum absolute atomic E-state index is 12.8. The van der Waals surface area contributed by atoms with Crippen molar-refractivity contribution in [2.24, 2.45) is 0 Å². The first-order valence-electron chi connectivity index (χ1n) is 9.88. The largest absolute Gasteiger partial charge is 0.497 e. The van der Waals surface area contributed by atoms with Gasteiger partial charge in [-0.1, -0.05) is 6.07 Å². The topological polar surface area (TPSA) is 77.1 Å². The molecule has 32 heavy (non-hydrogen) atoms. The maximum atomic E-state index is 12.8. The summed E-state index contributed by atoms with van der Waals surface area (Å²) >= 11 is 0. The van der Waals surface area contributed by atoms with Crippen molar-refractivity contribution < 1.29 is 37.0 Å². The molecule has 1 aliphatic rings. The fraction of sp³-hybridized carbons (Fsp3) is 0.364. The number of hydrogen-bond donors (Lipinski definition) is 1. The number of nitrogens with one attached hydrogen (secondary N) is 1. The van der Waals surface area contributed by atoms with Crippen molar-refractivity contribution in [3.63, 3.8) is 0 Å². The van der Waals surface area contributed by atoms with Crippen LogP contribution in [0.4, 0.5) is 13.2 Å². The average molecular weight is 452 g/mol. The van der Waals surface area contributed by atoms with Crippen LogP contribution < -0.4 is 14.8 Å². The van der Waals surface area contributed by atoms with Gasteiger partial charge in [0.2, 0.25) is 5.91 Å². The fourth-order valence-electron chi connectivity index (χ4n) is 3.11. The van der Waals surface area contributed by atoms with Crippen LogP contribution in [0.1, 0.15) is 15.9 Å². The second-order valence-electron chi connectivity index (χ2n) is 7.08. The van der Waals surface area contributed by atoms with E-state index in [-0.39, 0.29) is 37.3 Å². The molecule has 0 bridgehead atoms. The molecule has 1 unspecified atom stereocenters. The summed E-state index contributed by atoms with van der Waals surface area (Å²) in [6, 6.07) is 11.1. The van der Waals surface area contributed by atoms with Gasteiger partial charge in [-0.25, -0.2) is 0 Å². The minimum Gasteiger partial charge on any atom is -0.497 e. The van der Waals surface area contributed by atoms with Crippen molar-refractivity contribution in [1.82, 2.24) is 10.2 Å². The van der Waals surface area contributed by atoms with E-state index >= 15 is 0 Å². The molecule has 0 radical (unpaired) electrons. The van der Waals surface area contributed by atoms with Gasteiger partial charge in [-0.15, -0.1) is 0 Å². The molecule has 1 heterocycles. The number of carbonyl (C=O) groups is 2. The van der Waals surface area contributed by atoms with Crippen LogP contribution in [0.3, 0.4) is 0 Å². The summed E-state index contributed by atoms with van der Waals surface area (Å²) in [5.74, 6) is 0.224. The molecule has 0 saturated carbocycles. The van der Waals surface area contributed by atoms with Crippen molar-refractivity contribution in [3.05, 3.63) is 59.7 Å². The predicted molar refractivity (Wildman–Crippen MR) is 109 cm³/mol. The lowest BCUT2D eigenvalue weighted by Gasteiger charge is -2.33. The van der Waals surface area contributed by atoms with E-state index in [1.54, 1.807) is 31.4 Å². The molecule has 7 nitrogen and oxygen atoms in total. The number of amides is 2. The number of halogens is 3. The SMILES string of the molecule is COc1ccc(OCC2CN(C(=O)CNC(=O)c3cccc(C(F)(F)F)c3)CCO2)cc1. The molecule has 10 heteroatoms. The zero-order valence-corrected chi connectivity index (χ0v) is 17.4. The van der Waals surface area contributed by atoms with Gasteiger partial charge in [-0.2, -0.15) is 13.2 Å². The van der Waals surface area contributed by atoms with Crippen LogP contribution in [-0.2, 0) is 15.7 Å². The molecule has 1 saturated heterocycles. The average Bonchev–Trinajstić information content (AvgIpc) is 2.81. The highest BCUT2D eigenvalue weighted by Gasteiger charge is 2.31. The number of morpholine rings is 1. The Bertz CT molecular complexity index is 934. The van der Waals surface area contributed by atoms with E-state index in [2.05, 4.69) is 5.32 Å². The van der Waals surface area contributed by atoms with E-state index in [0.29, 0.717) is 24.7 Å². The van der Waals surface area contributed by atoms with Gasteiger partial charge in [0.05, 0.1) is 32.4 Å². The Morgan fingerprint density at radius 3 is 2.56 bits per heavy atom. The molecule has 0 spiro atoms. The number of alkyl halides is 3. The number of methoxy groups -OCH3 is 1. The maximum Gasteiger partial charge on any atom is 0.416 e. The van der Waals surface area contributed by atoms with Crippen LogP contribution in [0.5, 0.6) is 11.5 Å². The summed E-state index contributed by atoms with van der Waals surface area (Å²) in [5, 5.41) is 2.38. The third kappa shape index (κ3) is 6.36. The van der Waals surface area contributed by atoms with Gasteiger partial charge >= 0.3 is 6.18 Å². The molecular weight excluding hydrogens is 429 g/mol. The number of rotatable bonds is 7. The van der Waals surface area contributed by atoms with Crippen molar-refractivity contribution in [3.8, 4) is 11.5 Å². The molecule has 2 amide bonds. The fourth-order valence-corrected chi connectivity index (χ4v) is 3.11. The number of ether oxygens (including phenoxy) is 3. The highest BCUT2D eigenvalue weighted by Crippen LogP contribution is 2.29. The molecule has 172 valence electrons. The van der Waals surface area contributed by atoms with Crippen LogP contribution in [0.2, 0.25) is 0 Å². The summed E-state index contributed by atoms with van der Waals surface area (Å²) < 4.78 is 54.8. The highest BCUT2D eigenvalue weighted by molar-refractivity contribution is 5.96. The van der Waals surface area contributed by atoms with E-state index < -0.39 is 17.6 Å². The summed E-state index contributed by atoms with van der Waals surface area (Å²) in [5.41, 5.74) is -1.09. The van der Waals surface area contributed by atoms with Crippen molar-refractivity contribution in [1.29, 1.82) is 0 Å². The second-order valence-corrected chi connectivity index (χ2v) is 7.08. The molecule has 1 N–H and O–H groups in total. The van der Waals surface area contributed by atoms with E-state index in [0.717, 1.165) is 18.2 Å². The first-order chi connectivity index (χ1) is 15.3. The summed E-state index contributed by atoms with van der Waals surface area (Å²) in [4.78, 5) is 26.2. The Labute approximate surface area is 183 Å². The van der Waals surface area contributed by atoms with Crippen LogP contribution in [0.15, 0.2) is 48.5 Å². The van der Waals surface area contributed by atoms with Gasteiger partial charge in [0.15, 0.2) is 0 Å². The van der Waals surface area contributed by atoms with Gasteiger partial charge in [-0.05, 0) is 42.5 Å². The zero-order chi connectivity index (χ0) is 23.1. The lowest BCUT2D eigenvalue weighted by molar-refractivity contribution is -0.139. The highest BCUT2D eigenvalue weighted by atomic mass is 19.4. The third-order valence-corrected chi connectivity index (χ3v) is 4.84. The summed E-state index contributed by atoms with van der Waals surface area (Å²) in [6.07, 6.45) is -4.91. The number of hydrogen-bond acceptors (Lipinski definition) is 5. The summed E-state index contributed by atoms with van der Waals surface area (Å²) in [7, 11) is 1.57. The quantitative estimate of drug-likeness (QED) is 0.699. The Kier molecular flexibility index (Phi) is 7.57. The molecule has 2 aromatic rings. The summed E-state index contributed by atoms with van der Waals surface area (Å²) in [6.45, 7) is 0.823. The van der Waals surface area contributed by atoms with Crippen LogP contribution >= 0.6 is 0 Å². The Morgan fingerprint density at radius 2 is 1.88 bits per heavy atom. The van der Waals surface area contributed by atoms with Gasteiger partial charge in [-0.3, -0.25) is 9.59 Å². The van der Waals surface area contributed by atoms with E-state index in [1.807, 2.05) is 0 Å². The monoisotopic (exact) mass is 452 g/mol. The molecular formula is C22H23F3N2O5. The van der Waals surface area contributed by atoms with Gasteiger partial charge in [0, 0.05) is 12.1 Å². The van der Waals surface area contributed by atoms with E-state index in [9.17, 15) is 22.8 Å². The Balaban J connectivity index is 1.48. The minimum absolute atomic E-state index is 0.166. The Morgan fingerprint density at radius 1 is 1.16 bits per heavy atom. The zero-order valence-electron chi connectivity index (χ0n) is 17.4. The molecule has 1 fully saturated rings. The molecule has 1 aliphatic heterocycles. The molecule has 3 rings (SSSR count). The van der Waals surface area contributed by atoms with E-state index in [1.165, 1.54) is 11.0 Å². The lowest BCUT2D eigenvalue weighted by atomic mass is 10.1. The van der Waals surface area contributed by atoms with Crippen LogP contribution in [-0.4, -0.2) is 62.8 Å². The van der Waals surface area contributed by atoms with Crippen LogP contribution in [0.25, 0.3) is 0 Å². The van der Waals surface area contributed by atoms with Crippen molar-refractivity contribution in [2.45, 2.75) is 12.3 Å². The standard InChI is InChI=1S/C22H23F3N2O5/c1-30-17-5-7-18(8-6-17)32-14-19-13-27(9-10-31-19)20(28)12-26-21(29)15-3-2-4-16(11-15)22(23,24)25/h2-8,11,19H,9-10,12-14H2,1H3,(H,26,29). The predicted octanol–water partition coefficient (Wildman–Crippen LogP) is 2.75. The van der Waals surface area contributed by atoms with Crippen molar-refractivity contribution in [2.75, 3.05) is 40.0 Å².